The molecule has 2 heteroatoms. The van der Waals surface area contributed by atoms with E-state index in [-0.39, 0.29) is 6.62 Å². The molecule has 0 aliphatic carbocycles. The maximum Gasteiger partial charge on any atom is -0.0230 e. The largest absolute Gasteiger partial charge is 0.0654 e. The third-order valence-corrected chi connectivity index (χ3v) is 2.82. The van der Waals surface area contributed by atoms with E-state index in [1.807, 2.05) is 0 Å². The van der Waals surface area contributed by atoms with Crippen LogP contribution in [-0.2, 0) is 0 Å². The second-order valence-electron chi connectivity index (χ2n) is 1.68. The number of rotatable bonds is 3. The number of hydrogen-bond acceptors (Lipinski definition) is 0. The fourth-order valence-electron chi connectivity index (χ4n) is 0.376. The molecule has 0 aliphatic heterocycles. The molecule has 0 spiro atoms. The standard InChI is InChI=1S/C5H12BrP/c1-3-4-5-7(2)6/h3-5H2,1-2H3. The maximum atomic E-state index is 3.54. The van der Waals surface area contributed by atoms with Crippen LogP contribution in [0.5, 0.6) is 0 Å². The first kappa shape index (κ1) is 7.91. The highest BCUT2D eigenvalue weighted by molar-refractivity contribution is 9.39. The molecular weight excluding hydrogens is 171 g/mol. The van der Waals surface area contributed by atoms with Crippen LogP contribution in [0.15, 0.2) is 0 Å². The van der Waals surface area contributed by atoms with Crippen molar-refractivity contribution in [3.63, 3.8) is 0 Å². The molecule has 0 aromatic heterocycles. The normalized spacial score (nSPS) is 14.1. The van der Waals surface area contributed by atoms with E-state index in [1.165, 1.54) is 19.0 Å². The van der Waals surface area contributed by atoms with Crippen molar-refractivity contribution in [3.05, 3.63) is 0 Å². The van der Waals surface area contributed by atoms with Crippen LogP contribution in [0.1, 0.15) is 19.8 Å². The van der Waals surface area contributed by atoms with Gasteiger partial charge in [0.05, 0.1) is 0 Å². The molecule has 44 valence electrons. The van der Waals surface area contributed by atoms with Gasteiger partial charge in [-0.2, -0.15) is 0 Å². The van der Waals surface area contributed by atoms with Gasteiger partial charge in [-0.05, 0) is 25.9 Å². The monoisotopic (exact) mass is 182 g/mol. The topological polar surface area (TPSA) is 0 Å². The van der Waals surface area contributed by atoms with E-state index in [0.29, 0.717) is 0 Å². The Morgan fingerprint density at radius 1 is 1.57 bits per heavy atom. The Hall–Kier alpha value is 0.910. The lowest BCUT2D eigenvalue weighted by Gasteiger charge is -1.97. The highest BCUT2D eigenvalue weighted by atomic mass is 79.9. The summed E-state index contributed by atoms with van der Waals surface area (Å²) in [5.74, 6) is 0. The second-order valence-corrected chi connectivity index (χ2v) is 6.97. The third kappa shape index (κ3) is 6.91. The molecule has 0 radical (unpaired) electrons. The van der Waals surface area contributed by atoms with Gasteiger partial charge in [0.2, 0.25) is 0 Å². The van der Waals surface area contributed by atoms with Crippen molar-refractivity contribution in [1.29, 1.82) is 0 Å². The second kappa shape index (κ2) is 5.05. The zero-order valence-electron chi connectivity index (χ0n) is 4.95. The molecule has 0 fully saturated rings. The quantitative estimate of drug-likeness (QED) is 0.589. The summed E-state index contributed by atoms with van der Waals surface area (Å²) in [6.45, 7) is 4.69. The maximum absolute atomic E-state index is 3.54. The first-order valence-corrected chi connectivity index (χ1v) is 6.63. The van der Waals surface area contributed by atoms with Crippen molar-refractivity contribution in [2.75, 3.05) is 12.8 Å². The minimum atomic E-state index is 0.206. The highest BCUT2D eigenvalue weighted by Gasteiger charge is 1.90. The van der Waals surface area contributed by atoms with E-state index in [9.17, 15) is 0 Å². The number of halogens is 1. The van der Waals surface area contributed by atoms with Crippen LogP contribution in [0.4, 0.5) is 0 Å². The Morgan fingerprint density at radius 3 is 2.29 bits per heavy atom. The Bertz CT molecular complexity index is 37.1. The van der Waals surface area contributed by atoms with Crippen molar-refractivity contribution in [2.45, 2.75) is 19.8 Å². The van der Waals surface area contributed by atoms with Gasteiger partial charge in [-0.3, -0.25) is 0 Å². The first-order chi connectivity index (χ1) is 3.27. The van der Waals surface area contributed by atoms with E-state index < -0.39 is 0 Å². The summed E-state index contributed by atoms with van der Waals surface area (Å²) in [6, 6.07) is 0. The Kier molecular flexibility index (Phi) is 5.71. The van der Waals surface area contributed by atoms with Gasteiger partial charge in [0.25, 0.3) is 0 Å². The zero-order chi connectivity index (χ0) is 5.70. The third-order valence-electron chi connectivity index (χ3n) is 0.820. The van der Waals surface area contributed by atoms with Crippen LogP contribution < -0.4 is 0 Å². The van der Waals surface area contributed by atoms with Crippen molar-refractivity contribution >= 4 is 22.1 Å². The fourth-order valence-corrected chi connectivity index (χ4v) is 1.88. The van der Waals surface area contributed by atoms with Crippen LogP contribution in [0.2, 0.25) is 0 Å². The summed E-state index contributed by atoms with van der Waals surface area (Å²) in [4.78, 5) is 0. The molecule has 0 amide bonds. The molecule has 1 unspecified atom stereocenters. The van der Waals surface area contributed by atoms with Gasteiger partial charge in [0.1, 0.15) is 0 Å². The van der Waals surface area contributed by atoms with Gasteiger partial charge in [-0.25, -0.2) is 0 Å². The highest BCUT2D eigenvalue weighted by Crippen LogP contribution is 2.39. The molecular formula is C5H12BrP. The molecule has 0 saturated carbocycles. The van der Waals surface area contributed by atoms with Gasteiger partial charge in [-0.1, -0.05) is 28.8 Å². The van der Waals surface area contributed by atoms with Crippen molar-refractivity contribution in [1.82, 2.24) is 0 Å². The number of hydrogen-bond donors (Lipinski definition) is 0. The van der Waals surface area contributed by atoms with E-state index in [1.54, 1.807) is 0 Å². The Balaban J connectivity index is 2.68. The molecule has 0 aliphatic rings. The lowest BCUT2D eigenvalue weighted by Crippen LogP contribution is -1.73. The summed E-state index contributed by atoms with van der Waals surface area (Å²) in [5, 5.41) is 0. The molecule has 0 aromatic carbocycles. The Morgan fingerprint density at radius 2 is 2.14 bits per heavy atom. The van der Waals surface area contributed by atoms with E-state index >= 15 is 0 Å². The van der Waals surface area contributed by atoms with E-state index in [0.717, 1.165) is 0 Å². The van der Waals surface area contributed by atoms with Gasteiger partial charge in [0, 0.05) is 0 Å². The van der Waals surface area contributed by atoms with Gasteiger partial charge in [-0.15, -0.1) is 0 Å². The minimum Gasteiger partial charge on any atom is -0.0654 e. The van der Waals surface area contributed by atoms with Gasteiger partial charge >= 0.3 is 0 Å². The van der Waals surface area contributed by atoms with Crippen molar-refractivity contribution in [2.24, 2.45) is 0 Å². The minimum absolute atomic E-state index is 0.206. The summed E-state index contributed by atoms with van der Waals surface area (Å²) < 4.78 is 0. The van der Waals surface area contributed by atoms with Crippen molar-refractivity contribution in [3.8, 4) is 0 Å². The smallest absolute Gasteiger partial charge is 0.0230 e. The number of unbranched alkanes of at least 4 members (excludes halogenated alkanes) is 1. The average Bonchev–Trinajstić information content (AvgIpc) is 1.61. The van der Waals surface area contributed by atoms with E-state index in [4.69, 9.17) is 0 Å². The first-order valence-electron chi connectivity index (χ1n) is 2.64. The lowest BCUT2D eigenvalue weighted by atomic mass is 10.4. The molecule has 7 heavy (non-hydrogen) atoms. The zero-order valence-corrected chi connectivity index (χ0v) is 7.43. The molecule has 0 bridgehead atoms. The predicted octanol–water partition coefficient (Wildman–Crippen LogP) is 3.21. The molecule has 0 heterocycles. The predicted molar refractivity (Wildman–Crippen MR) is 41.5 cm³/mol. The summed E-state index contributed by atoms with van der Waals surface area (Å²) >= 11 is 3.54. The van der Waals surface area contributed by atoms with E-state index in [2.05, 4.69) is 29.1 Å². The molecule has 0 saturated heterocycles. The molecule has 0 nitrogen and oxygen atoms in total. The van der Waals surface area contributed by atoms with Gasteiger partial charge in [0.15, 0.2) is 0 Å². The molecule has 0 N–H and O–H groups in total. The molecule has 0 rings (SSSR count). The lowest BCUT2D eigenvalue weighted by molar-refractivity contribution is 0.894. The molecule has 0 aromatic rings. The van der Waals surface area contributed by atoms with Crippen LogP contribution in [-0.4, -0.2) is 12.8 Å². The fraction of sp³-hybridized carbons (Fsp3) is 1.00. The summed E-state index contributed by atoms with van der Waals surface area (Å²) in [6.07, 6.45) is 4.09. The summed E-state index contributed by atoms with van der Waals surface area (Å²) in [7, 11) is 0. The van der Waals surface area contributed by atoms with Crippen molar-refractivity contribution < 1.29 is 0 Å². The van der Waals surface area contributed by atoms with Crippen LogP contribution in [0.3, 0.4) is 0 Å². The van der Waals surface area contributed by atoms with Crippen LogP contribution >= 0.6 is 22.1 Å². The summed E-state index contributed by atoms with van der Waals surface area (Å²) in [5.41, 5.74) is 0. The van der Waals surface area contributed by atoms with Gasteiger partial charge < -0.3 is 0 Å². The molecule has 1 atom stereocenters. The van der Waals surface area contributed by atoms with Crippen LogP contribution in [0.25, 0.3) is 0 Å². The van der Waals surface area contributed by atoms with Crippen LogP contribution in [0, 0.1) is 0 Å². The Labute approximate surface area is 55.2 Å². The average molecular weight is 183 g/mol. The SMILES string of the molecule is CCCCP(C)Br.